The third-order valence-corrected chi connectivity index (χ3v) is 6.06. The predicted molar refractivity (Wildman–Crippen MR) is 131 cm³/mol. The van der Waals surface area contributed by atoms with E-state index in [9.17, 15) is 14.7 Å². The molecule has 0 saturated heterocycles. The fraction of sp³-hybridized carbons (Fsp3) is 0.423. The average Bonchev–Trinajstić information content (AvgIpc) is 3.18. The van der Waals surface area contributed by atoms with Gasteiger partial charge in [-0.3, -0.25) is 4.79 Å². The van der Waals surface area contributed by atoms with E-state index in [4.69, 9.17) is 11.5 Å². The van der Waals surface area contributed by atoms with E-state index in [2.05, 4.69) is 4.98 Å². The summed E-state index contributed by atoms with van der Waals surface area (Å²) >= 11 is 0. The Morgan fingerprint density at radius 1 is 1.06 bits per heavy atom. The van der Waals surface area contributed by atoms with Crippen LogP contribution in [0.3, 0.4) is 0 Å². The number of para-hydroxylation sites is 2. The maximum atomic E-state index is 11.9. The lowest BCUT2D eigenvalue weighted by Gasteiger charge is -2.20. The van der Waals surface area contributed by atoms with E-state index < -0.39 is 12.0 Å². The Morgan fingerprint density at radius 2 is 1.70 bits per heavy atom. The number of hydrogen-bond acceptors (Lipinski definition) is 4. The van der Waals surface area contributed by atoms with Gasteiger partial charge < -0.3 is 21.1 Å². The minimum atomic E-state index is -0.844. The number of nitrogens with two attached hydrogens (primary N) is 2. The van der Waals surface area contributed by atoms with Crippen molar-refractivity contribution in [3.63, 3.8) is 0 Å². The normalized spacial score (nSPS) is 15.1. The number of imidazole rings is 1. The molecule has 1 fully saturated rings. The molecule has 1 unspecified atom stereocenters. The van der Waals surface area contributed by atoms with Crippen molar-refractivity contribution in [2.75, 3.05) is 5.73 Å². The summed E-state index contributed by atoms with van der Waals surface area (Å²) in [4.78, 5) is 27.2. The molecule has 1 atom stereocenters. The van der Waals surface area contributed by atoms with Gasteiger partial charge in [0.1, 0.15) is 11.9 Å². The highest BCUT2D eigenvalue weighted by Crippen LogP contribution is 2.32. The van der Waals surface area contributed by atoms with Crippen LogP contribution < -0.4 is 11.5 Å². The number of aliphatic carboxylic acids is 1. The zero-order valence-electron chi connectivity index (χ0n) is 19.4. The predicted octanol–water partition coefficient (Wildman–Crippen LogP) is 5.01. The summed E-state index contributed by atoms with van der Waals surface area (Å²) in [5.74, 6) is 0.160. The van der Waals surface area contributed by atoms with Gasteiger partial charge in [-0.05, 0) is 61.6 Å². The van der Waals surface area contributed by atoms with Crippen LogP contribution in [0.1, 0.15) is 58.4 Å². The number of primary amides is 1. The highest BCUT2D eigenvalue weighted by molar-refractivity contribution is 5.84. The monoisotopic (exact) mass is 450 g/mol. The van der Waals surface area contributed by atoms with Gasteiger partial charge in [0.05, 0.1) is 11.0 Å². The largest absolute Gasteiger partial charge is 0.480 e. The van der Waals surface area contributed by atoms with Crippen molar-refractivity contribution in [3.05, 3.63) is 48.5 Å². The van der Waals surface area contributed by atoms with Gasteiger partial charge in [0.2, 0.25) is 5.91 Å². The van der Waals surface area contributed by atoms with Crippen molar-refractivity contribution in [3.8, 4) is 11.4 Å². The maximum Gasteiger partial charge on any atom is 0.326 e. The van der Waals surface area contributed by atoms with E-state index in [1.807, 2.05) is 54.8 Å². The van der Waals surface area contributed by atoms with Crippen LogP contribution in [0.5, 0.6) is 0 Å². The van der Waals surface area contributed by atoms with Gasteiger partial charge in [-0.25, -0.2) is 9.78 Å². The lowest BCUT2D eigenvalue weighted by molar-refractivity contribution is -0.141. The minimum absolute atomic E-state index is 0.102. The number of carbonyl (C=O) groups is 2. The molecule has 1 aliphatic carbocycles. The molecule has 0 spiro atoms. The number of carbonyl (C=O) groups excluding carboxylic acids is 1. The number of carboxylic acids is 1. The topological polar surface area (TPSA) is 124 Å². The molecule has 1 amide bonds. The second-order valence-corrected chi connectivity index (χ2v) is 9.14. The number of anilines is 1. The van der Waals surface area contributed by atoms with Crippen LogP contribution in [-0.4, -0.2) is 26.5 Å². The van der Waals surface area contributed by atoms with E-state index in [1.54, 1.807) is 12.1 Å². The lowest BCUT2D eigenvalue weighted by Crippen LogP contribution is -2.24. The summed E-state index contributed by atoms with van der Waals surface area (Å²) in [7, 11) is 0. The van der Waals surface area contributed by atoms with Crippen LogP contribution in [0, 0.1) is 11.8 Å². The lowest BCUT2D eigenvalue weighted by atomic mass is 9.89. The van der Waals surface area contributed by atoms with Crippen LogP contribution in [0.15, 0.2) is 48.5 Å². The molecule has 1 aromatic heterocycles. The number of amides is 1. The van der Waals surface area contributed by atoms with E-state index >= 15 is 0 Å². The summed E-state index contributed by atoms with van der Waals surface area (Å²) in [5, 5.41) is 9.80. The standard InChI is InChI=1S/C19H21N3O2.C7H13NO/c1-12(2)11-17(19(23)24)22-16-6-4-3-5-15(16)21-18(22)13-7-9-14(20)10-8-13;8-7(9)6-4-2-1-3-5-6/h3-10,12,17H,11,20H2,1-2H3,(H,23,24);6H,1-5H2,(H2,8,9). The molecule has 33 heavy (non-hydrogen) atoms. The van der Waals surface area contributed by atoms with Crippen molar-refractivity contribution < 1.29 is 14.7 Å². The fourth-order valence-electron chi connectivity index (χ4n) is 4.35. The Hall–Kier alpha value is -3.35. The van der Waals surface area contributed by atoms with Gasteiger partial charge in [0.25, 0.3) is 0 Å². The van der Waals surface area contributed by atoms with Crippen molar-refractivity contribution in [1.29, 1.82) is 0 Å². The SMILES string of the molecule is CC(C)CC(C(=O)O)n1c(-c2ccc(N)cc2)nc2ccccc21.NC(=O)C1CCCCC1. The molecule has 0 bridgehead atoms. The number of aromatic nitrogens is 2. The first-order valence-corrected chi connectivity index (χ1v) is 11.6. The first kappa shape index (κ1) is 24.3. The van der Waals surface area contributed by atoms with E-state index in [0.29, 0.717) is 17.9 Å². The zero-order chi connectivity index (χ0) is 24.0. The Balaban J connectivity index is 0.000000286. The third kappa shape index (κ3) is 6.12. The van der Waals surface area contributed by atoms with Crippen molar-refractivity contribution in [2.45, 2.75) is 58.4 Å². The molecule has 7 heteroatoms. The van der Waals surface area contributed by atoms with Gasteiger partial charge >= 0.3 is 5.97 Å². The first-order valence-electron chi connectivity index (χ1n) is 11.6. The molecule has 4 rings (SSSR count). The van der Waals surface area contributed by atoms with Gasteiger partial charge in [0, 0.05) is 17.2 Å². The van der Waals surface area contributed by atoms with Gasteiger partial charge in [-0.15, -0.1) is 0 Å². The van der Waals surface area contributed by atoms with Gasteiger partial charge in [-0.2, -0.15) is 0 Å². The number of rotatable bonds is 6. The molecule has 0 aliphatic heterocycles. The van der Waals surface area contributed by atoms with Crippen molar-refractivity contribution >= 4 is 28.6 Å². The minimum Gasteiger partial charge on any atom is -0.480 e. The molecule has 176 valence electrons. The second kappa shape index (κ2) is 11.0. The molecule has 1 heterocycles. The number of hydrogen-bond donors (Lipinski definition) is 3. The number of nitrogen functional groups attached to an aromatic ring is 1. The van der Waals surface area contributed by atoms with Crippen LogP contribution in [0.4, 0.5) is 5.69 Å². The summed E-state index contributed by atoms with van der Waals surface area (Å²) < 4.78 is 1.84. The van der Waals surface area contributed by atoms with Gasteiger partial charge in [0.15, 0.2) is 0 Å². The number of benzene rings is 2. The second-order valence-electron chi connectivity index (χ2n) is 9.14. The van der Waals surface area contributed by atoms with Crippen molar-refractivity contribution in [1.82, 2.24) is 9.55 Å². The van der Waals surface area contributed by atoms with Crippen LogP contribution in [0.2, 0.25) is 0 Å². The maximum absolute atomic E-state index is 11.9. The third-order valence-electron chi connectivity index (χ3n) is 6.06. The molecule has 1 saturated carbocycles. The highest BCUT2D eigenvalue weighted by atomic mass is 16.4. The van der Waals surface area contributed by atoms with E-state index in [1.165, 1.54) is 19.3 Å². The van der Waals surface area contributed by atoms with E-state index in [-0.39, 0.29) is 17.7 Å². The average molecular weight is 451 g/mol. The molecule has 2 aromatic carbocycles. The molecule has 3 aromatic rings. The number of fused-ring (bicyclic) bond motifs is 1. The Morgan fingerprint density at radius 3 is 2.24 bits per heavy atom. The Labute approximate surface area is 194 Å². The summed E-state index contributed by atoms with van der Waals surface area (Å²) in [6.45, 7) is 4.05. The fourth-order valence-corrected chi connectivity index (χ4v) is 4.35. The highest BCUT2D eigenvalue weighted by Gasteiger charge is 2.26. The molecular weight excluding hydrogens is 416 g/mol. The van der Waals surface area contributed by atoms with Crippen LogP contribution in [-0.2, 0) is 9.59 Å². The Kier molecular flexibility index (Phi) is 8.09. The van der Waals surface area contributed by atoms with Crippen LogP contribution >= 0.6 is 0 Å². The van der Waals surface area contributed by atoms with E-state index in [0.717, 1.165) is 29.4 Å². The molecule has 0 radical (unpaired) electrons. The quantitative estimate of drug-likeness (QED) is 0.455. The zero-order valence-corrected chi connectivity index (χ0v) is 19.4. The molecule has 7 nitrogen and oxygen atoms in total. The molecule has 5 N–H and O–H groups in total. The first-order chi connectivity index (χ1) is 15.8. The van der Waals surface area contributed by atoms with Crippen molar-refractivity contribution in [2.24, 2.45) is 17.6 Å². The number of nitrogens with zero attached hydrogens (tertiary/aromatic N) is 2. The number of carboxylic acid groups (broad SMARTS) is 1. The summed E-state index contributed by atoms with van der Waals surface area (Å²) in [6.07, 6.45) is 6.24. The molecular formula is C26H34N4O3. The Bertz CT molecular complexity index is 1080. The molecule has 1 aliphatic rings. The smallest absolute Gasteiger partial charge is 0.326 e. The summed E-state index contributed by atoms with van der Waals surface area (Å²) in [6, 6.07) is 14.3. The summed E-state index contributed by atoms with van der Waals surface area (Å²) in [5.41, 5.74) is 14.0. The van der Waals surface area contributed by atoms with Crippen LogP contribution in [0.25, 0.3) is 22.4 Å². The van der Waals surface area contributed by atoms with Gasteiger partial charge in [-0.1, -0.05) is 45.2 Å².